The summed E-state index contributed by atoms with van der Waals surface area (Å²) in [5, 5.41) is 11.6. The molecule has 73 valence electrons. The second-order valence-corrected chi connectivity index (χ2v) is 2.39. The van der Waals surface area contributed by atoms with Crippen LogP contribution in [0.4, 0.5) is 19.2 Å². The van der Waals surface area contributed by atoms with Gasteiger partial charge in [-0.15, -0.1) is 0 Å². The summed E-state index contributed by atoms with van der Waals surface area (Å²) in [7, 11) is 0.648. The third kappa shape index (κ3) is 1.39. The lowest BCUT2D eigenvalue weighted by Crippen LogP contribution is -2.45. The fourth-order valence-corrected chi connectivity index (χ4v) is 0.840. The molecule has 0 bridgehead atoms. The summed E-state index contributed by atoms with van der Waals surface area (Å²) in [6.07, 6.45) is 0. The van der Waals surface area contributed by atoms with Crippen molar-refractivity contribution in [2.45, 2.75) is 0 Å². The molecule has 8 amide bonds. The van der Waals surface area contributed by atoms with Crippen LogP contribution in [-0.2, 0) is 0 Å². The minimum absolute atomic E-state index is 0.395. The minimum atomic E-state index is -0.993. The number of imide groups is 2. The summed E-state index contributed by atoms with van der Waals surface area (Å²) in [4.78, 5) is 44.3. The van der Waals surface area contributed by atoms with Crippen molar-refractivity contribution in [1.29, 1.82) is 0 Å². The van der Waals surface area contributed by atoms with Crippen LogP contribution in [0, 0.1) is 0 Å². The summed E-state index contributed by atoms with van der Waals surface area (Å²) in [6.45, 7) is 0. The van der Waals surface area contributed by atoms with Crippen LogP contribution in [-0.4, -0.2) is 41.3 Å². The number of nitrogens with zero attached hydrogens (tertiary/aromatic N) is 6. The summed E-state index contributed by atoms with van der Waals surface area (Å²) >= 11 is 0. The molecule has 0 aromatic rings. The molecule has 2 rings (SSSR count). The van der Waals surface area contributed by atoms with Crippen molar-refractivity contribution in [2.75, 3.05) is 0 Å². The topological polar surface area (TPSA) is 124 Å². The Kier molecular flexibility index (Phi) is 1.85. The van der Waals surface area contributed by atoms with Gasteiger partial charge in [0.2, 0.25) is 0 Å². The third-order valence-electron chi connectivity index (χ3n) is 1.50. The average Bonchev–Trinajstić information content (AvgIpc) is 2.67. The molecule has 0 saturated carbocycles. The predicted molar refractivity (Wildman–Crippen MR) is 40.7 cm³/mol. The van der Waals surface area contributed by atoms with Crippen LogP contribution >= 0.6 is 0 Å². The molecule has 10 nitrogen and oxygen atoms in total. The number of azo groups is 2. The predicted octanol–water partition coefficient (Wildman–Crippen LogP) is 0.536. The summed E-state index contributed by atoms with van der Waals surface area (Å²) in [5.41, 5.74) is 0. The fraction of sp³-hybridized carbons (Fsp3) is 0. The van der Waals surface area contributed by atoms with Gasteiger partial charge >= 0.3 is 31.7 Å². The molecule has 0 atom stereocenters. The van der Waals surface area contributed by atoms with Crippen LogP contribution in [0.15, 0.2) is 20.5 Å². The first kappa shape index (κ1) is 9.11. The van der Waals surface area contributed by atoms with E-state index in [-0.39, 0.29) is 0 Å². The molecule has 1 radical (unpaired) electrons. The third-order valence-corrected chi connectivity index (χ3v) is 1.50. The molecule has 0 aliphatic carbocycles. The van der Waals surface area contributed by atoms with Gasteiger partial charge in [-0.3, -0.25) is 9.62 Å². The molecule has 11 heteroatoms. The van der Waals surface area contributed by atoms with Crippen molar-refractivity contribution >= 4 is 31.7 Å². The Morgan fingerprint density at radius 2 is 0.933 bits per heavy atom. The Morgan fingerprint density at radius 1 is 0.667 bits per heavy atom. The van der Waals surface area contributed by atoms with Gasteiger partial charge < -0.3 is 0 Å². The minimum Gasteiger partial charge on any atom is -0.266 e. The molecular weight excluding hydrogens is 207 g/mol. The van der Waals surface area contributed by atoms with Gasteiger partial charge in [0, 0.05) is 0 Å². The van der Waals surface area contributed by atoms with Crippen LogP contribution in [0.25, 0.3) is 0 Å². The summed E-state index contributed by atoms with van der Waals surface area (Å²) in [5.74, 6) is 0. The monoisotopic (exact) mass is 207 g/mol. The zero-order valence-corrected chi connectivity index (χ0v) is 6.89. The van der Waals surface area contributed by atoms with E-state index < -0.39 is 24.1 Å². The van der Waals surface area contributed by atoms with Gasteiger partial charge in [0.25, 0.3) is 0 Å². The van der Waals surface area contributed by atoms with Crippen molar-refractivity contribution in [2.24, 2.45) is 20.5 Å². The molecule has 0 spiro atoms. The molecule has 2 aliphatic rings. The van der Waals surface area contributed by atoms with Crippen molar-refractivity contribution in [3.05, 3.63) is 0 Å². The highest BCUT2D eigenvalue weighted by Gasteiger charge is 2.38. The quantitative estimate of drug-likeness (QED) is 0.612. The van der Waals surface area contributed by atoms with Crippen LogP contribution in [0.3, 0.4) is 0 Å². The zero-order valence-electron chi connectivity index (χ0n) is 6.89. The number of carbonyl (C=O) groups excluding carboxylic acids is 4. The largest absolute Gasteiger partial charge is 0.419 e. The average molecular weight is 207 g/mol. The summed E-state index contributed by atoms with van der Waals surface area (Å²) < 4.78 is 0. The van der Waals surface area contributed by atoms with E-state index in [9.17, 15) is 19.2 Å². The second kappa shape index (κ2) is 3.04. The van der Waals surface area contributed by atoms with Gasteiger partial charge in [0.1, 0.15) is 0 Å². The van der Waals surface area contributed by atoms with E-state index in [0.717, 1.165) is 0 Å². The highest BCUT2D eigenvalue weighted by atomic mass is 16.2. The normalized spacial score (nSPS) is 19.7. The highest BCUT2D eigenvalue weighted by Crippen LogP contribution is 2.11. The number of amides is 8. The van der Waals surface area contributed by atoms with Crippen LogP contribution in [0.2, 0.25) is 0 Å². The van der Waals surface area contributed by atoms with E-state index in [1.807, 2.05) is 0 Å². The van der Waals surface area contributed by atoms with Crippen molar-refractivity contribution in [3.8, 4) is 0 Å². The smallest absolute Gasteiger partial charge is 0.266 e. The first-order chi connectivity index (χ1) is 7.09. The first-order valence-electron chi connectivity index (χ1n) is 3.52. The highest BCUT2D eigenvalue weighted by molar-refractivity contribution is 6.48. The van der Waals surface area contributed by atoms with E-state index in [2.05, 4.69) is 20.5 Å². The lowest BCUT2D eigenvalue weighted by atomic mass is 10.1. The molecular formula is C4BN6O4. The molecule has 0 fully saturated rings. The Bertz CT molecular complexity index is 366. The lowest BCUT2D eigenvalue weighted by molar-refractivity contribution is 0.218. The van der Waals surface area contributed by atoms with E-state index in [0.29, 0.717) is 17.2 Å². The lowest BCUT2D eigenvalue weighted by Gasteiger charge is -2.13. The SMILES string of the molecule is O=C1N=NC(=O)N1[B]N1C(=O)N=NC1=O. The molecule has 0 aromatic heterocycles. The number of hydrogen-bond donors (Lipinski definition) is 0. The van der Waals surface area contributed by atoms with Crippen molar-refractivity contribution in [1.82, 2.24) is 9.62 Å². The van der Waals surface area contributed by atoms with Gasteiger partial charge in [-0.05, 0) is 0 Å². The summed E-state index contributed by atoms with van der Waals surface area (Å²) in [6, 6.07) is -3.97. The number of rotatable bonds is 2. The van der Waals surface area contributed by atoms with Gasteiger partial charge in [-0.2, -0.15) is 0 Å². The zero-order chi connectivity index (χ0) is 11.0. The van der Waals surface area contributed by atoms with Crippen LogP contribution < -0.4 is 0 Å². The molecule has 0 N–H and O–H groups in total. The van der Waals surface area contributed by atoms with E-state index in [1.54, 1.807) is 0 Å². The van der Waals surface area contributed by atoms with E-state index in [1.165, 1.54) is 0 Å². The van der Waals surface area contributed by atoms with Gasteiger partial charge in [-0.25, -0.2) is 19.2 Å². The molecule has 0 aromatic carbocycles. The van der Waals surface area contributed by atoms with E-state index >= 15 is 0 Å². The van der Waals surface area contributed by atoms with Crippen LogP contribution in [0.1, 0.15) is 0 Å². The molecule has 15 heavy (non-hydrogen) atoms. The fourth-order valence-electron chi connectivity index (χ4n) is 0.840. The Balaban J connectivity index is 2.10. The maximum absolute atomic E-state index is 10.9. The number of hydrogen-bond acceptors (Lipinski definition) is 4. The van der Waals surface area contributed by atoms with Crippen LogP contribution in [0.5, 0.6) is 0 Å². The Labute approximate surface area is 81.9 Å². The van der Waals surface area contributed by atoms with E-state index in [4.69, 9.17) is 0 Å². The van der Waals surface area contributed by atoms with Gasteiger partial charge in [0.15, 0.2) is 0 Å². The van der Waals surface area contributed by atoms with Gasteiger partial charge in [-0.1, -0.05) is 20.5 Å². The Hall–Kier alpha value is -2.46. The second-order valence-electron chi connectivity index (χ2n) is 2.39. The van der Waals surface area contributed by atoms with Crippen molar-refractivity contribution < 1.29 is 19.2 Å². The molecule has 2 aliphatic heterocycles. The standard InChI is InChI=1S/C4BN6O4/c12-1-6-7-2(13)10(1)5-11-3(14)8-9-4(11)15. The number of carbonyl (C=O) groups is 4. The maximum atomic E-state index is 10.9. The molecule has 0 unspecified atom stereocenters. The van der Waals surface area contributed by atoms with Gasteiger partial charge in [0.05, 0.1) is 0 Å². The maximum Gasteiger partial charge on any atom is 0.419 e. The Morgan fingerprint density at radius 3 is 1.20 bits per heavy atom. The molecule has 2 heterocycles. The number of urea groups is 4. The molecule has 0 saturated heterocycles. The first-order valence-corrected chi connectivity index (χ1v) is 3.52. The van der Waals surface area contributed by atoms with Crippen molar-refractivity contribution in [3.63, 3.8) is 0 Å².